The van der Waals surface area contributed by atoms with Gasteiger partial charge in [-0.25, -0.2) is 13.4 Å². The minimum atomic E-state index is -2.97. The summed E-state index contributed by atoms with van der Waals surface area (Å²) in [6, 6.07) is -0.306. The van der Waals surface area contributed by atoms with Crippen LogP contribution >= 0.6 is 0 Å². The molecule has 0 aliphatic carbocycles. The van der Waals surface area contributed by atoms with Gasteiger partial charge in [0.25, 0.3) is 5.91 Å². The Hall–Kier alpha value is -1.50. The number of carbonyl (C=O) groups is 1. The summed E-state index contributed by atoms with van der Waals surface area (Å²) in [4.78, 5) is 19.2. The molecule has 0 spiro atoms. The molecule has 1 amide bonds. The van der Waals surface area contributed by atoms with Crippen LogP contribution in [0.5, 0.6) is 0 Å². The van der Waals surface area contributed by atoms with Crippen molar-refractivity contribution in [1.29, 1.82) is 0 Å². The van der Waals surface area contributed by atoms with Crippen LogP contribution < -0.4 is 5.32 Å². The summed E-state index contributed by atoms with van der Waals surface area (Å²) in [5, 5.41) is 2.63. The van der Waals surface area contributed by atoms with Crippen molar-refractivity contribution in [2.75, 3.05) is 11.5 Å². The van der Waals surface area contributed by atoms with Crippen LogP contribution in [0.1, 0.15) is 16.9 Å². The average Bonchev–Trinajstić information content (AvgIpc) is 2.59. The zero-order valence-electron chi connectivity index (χ0n) is 8.46. The van der Waals surface area contributed by atoms with E-state index in [0.29, 0.717) is 6.42 Å². The van der Waals surface area contributed by atoms with Gasteiger partial charge in [-0.1, -0.05) is 0 Å². The van der Waals surface area contributed by atoms with Gasteiger partial charge < -0.3 is 5.32 Å². The molecule has 1 aliphatic rings. The third kappa shape index (κ3) is 2.54. The van der Waals surface area contributed by atoms with Crippen LogP contribution in [-0.4, -0.2) is 41.8 Å². The Morgan fingerprint density at radius 3 is 2.81 bits per heavy atom. The van der Waals surface area contributed by atoms with Crippen molar-refractivity contribution < 1.29 is 13.2 Å². The van der Waals surface area contributed by atoms with E-state index < -0.39 is 9.84 Å². The van der Waals surface area contributed by atoms with Crippen LogP contribution in [0.4, 0.5) is 0 Å². The number of amides is 1. The number of hydrogen-bond acceptors (Lipinski definition) is 5. The lowest BCUT2D eigenvalue weighted by Crippen LogP contribution is -2.36. The molecular weight excluding hydrogens is 230 g/mol. The van der Waals surface area contributed by atoms with E-state index in [0.717, 1.165) is 0 Å². The summed E-state index contributed by atoms with van der Waals surface area (Å²) in [6.45, 7) is 0. The molecule has 1 aromatic heterocycles. The lowest BCUT2D eigenvalue weighted by molar-refractivity contribution is 0.0935. The molecule has 16 heavy (non-hydrogen) atoms. The fourth-order valence-electron chi connectivity index (χ4n) is 1.58. The molecule has 1 atom stereocenters. The molecule has 1 fully saturated rings. The van der Waals surface area contributed by atoms with Crippen LogP contribution in [-0.2, 0) is 9.84 Å². The molecule has 1 aromatic rings. The quantitative estimate of drug-likeness (QED) is 0.746. The Balaban J connectivity index is 1.99. The van der Waals surface area contributed by atoms with E-state index in [1.165, 1.54) is 18.6 Å². The van der Waals surface area contributed by atoms with E-state index in [1.54, 1.807) is 0 Å². The van der Waals surface area contributed by atoms with Gasteiger partial charge in [0.15, 0.2) is 9.84 Å². The maximum Gasteiger partial charge on any atom is 0.271 e. The average molecular weight is 241 g/mol. The molecular formula is C9H11N3O3S. The summed E-state index contributed by atoms with van der Waals surface area (Å²) in [5.41, 5.74) is 0.201. The molecule has 0 bridgehead atoms. The molecule has 2 rings (SSSR count). The van der Waals surface area contributed by atoms with Crippen molar-refractivity contribution in [2.24, 2.45) is 0 Å². The number of carbonyl (C=O) groups excluding carboxylic acids is 1. The molecule has 0 unspecified atom stereocenters. The van der Waals surface area contributed by atoms with Gasteiger partial charge >= 0.3 is 0 Å². The van der Waals surface area contributed by atoms with Gasteiger partial charge in [-0.3, -0.25) is 9.78 Å². The number of nitrogens with zero attached hydrogens (tertiary/aromatic N) is 2. The maximum atomic E-state index is 11.6. The first-order chi connectivity index (χ1) is 7.57. The molecule has 0 radical (unpaired) electrons. The fraction of sp³-hybridized carbons (Fsp3) is 0.444. The minimum absolute atomic E-state index is 0.0129. The lowest BCUT2D eigenvalue weighted by Gasteiger charge is -2.09. The third-order valence-electron chi connectivity index (χ3n) is 2.36. The predicted octanol–water partition coefficient (Wildman–Crippen LogP) is -0.607. The van der Waals surface area contributed by atoms with Crippen LogP contribution in [0.2, 0.25) is 0 Å². The van der Waals surface area contributed by atoms with Crippen LogP contribution in [0.15, 0.2) is 18.6 Å². The van der Waals surface area contributed by atoms with Crippen molar-refractivity contribution in [2.45, 2.75) is 12.5 Å². The van der Waals surface area contributed by atoms with Crippen molar-refractivity contribution in [3.63, 3.8) is 0 Å². The second-order valence-electron chi connectivity index (χ2n) is 3.66. The minimum Gasteiger partial charge on any atom is -0.347 e. The van der Waals surface area contributed by atoms with Crippen LogP contribution in [0.3, 0.4) is 0 Å². The Morgan fingerprint density at radius 2 is 2.25 bits per heavy atom. The normalized spacial score (nSPS) is 22.9. The monoisotopic (exact) mass is 241 g/mol. The number of nitrogens with one attached hydrogen (secondary N) is 1. The highest BCUT2D eigenvalue weighted by Crippen LogP contribution is 2.11. The molecule has 0 saturated carbocycles. The first kappa shape index (κ1) is 11.0. The van der Waals surface area contributed by atoms with Gasteiger partial charge in [0.1, 0.15) is 5.69 Å². The molecule has 7 heteroatoms. The zero-order chi connectivity index (χ0) is 11.6. The standard InChI is InChI=1S/C9H11N3O3S/c13-9(8-5-10-2-3-11-8)12-7-1-4-16(14,15)6-7/h2-3,5,7H,1,4,6H2,(H,12,13)/t7-/m1/s1. The van der Waals surface area contributed by atoms with Gasteiger partial charge in [-0.2, -0.15) is 0 Å². The summed E-state index contributed by atoms with van der Waals surface area (Å²) >= 11 is 0. The molecule has 6 nitrogen and oxygen atoms in total. The van der Waals surface area contributed by atoms with E-state index in [4.69, 9.17) is 0 Å². The van der Waals surface area contributed by atoms with Crippen LogP contribution in [0, 0.1) is 0 Å². The first-order valence-electron chi connectivity index (χ1n) is 4.84. The van der Waals surface area contributed by atoms with Crippen molar-refractivity contribution in [3.8, 4) is 0 Å². The third-order valence-corrected chi connectivity index (χ3v) is 4.13. The summed E-state index contributed by atoms with van der Waals surface area (Å²) in [7, 11) is -2.97. The summed E-state index contributed by atoms with van der Waals surface area (Å²) in [6.07, 6.45) is 4.70. The molecule has 1 aliphatic heterocycles. The highest BCUT2D eigenvalue weighted by Gasteiger charge is 2.29. The molecule has 2 heterocycles. The highest BCUT2D eigenvalue weighted by atomic mass is 32.2. The summed E-state index contributed by atoms with van der Waals surface area (Å²) in [5.74, 6) is -0.229. The number of hydrogen-bond donors (Lipinski definition) is 1. The topological polar surface area (TPSA) is 89.0 Å². The van der Waals surface area contributed by atoms with E-state index >= 15 is 0 Å². The van der Waals surface area contributed by atoms with Gasteiger partial charge in [0.05, 0.1) is 17.7 Å². The Kier molecular flexibility index (Phi) is 2.86. The Bertz CT molecular complexity index is 486. The van der Waals surface area contributed by atoms with E-state index in [2.05, 4.69) is 15.3 Å². The smallest absolute Gasteiger partial charge is 0.271 e. The number of sulfone groups is 1. The predicted molar refractivity (Wildman–Crippen MR) is 56.6 cm³/mol. The molecule has 1 saturated heterocycles. The van der Waals surface area contributed by atoms with E-state index in [-0.39, 0.29) is 29.1 Å². The second-order valence-corrected chi connectivity index (χ2v) is 5.89. The SMILES string of the molecule is O=C(N[C@@H]1CCS(=O)(=O)C1)c1cnccn1. The molecule has 86 valence electrons. The second kappa shape index (κ2) is 4.17. The van der Waals surface area contributed by atoms with Crippen molar-refractivity contribution >= 4 is 15.7 Å². The van der Waals surface area contributed by atoms with Crippen LogP contribution in [0.25, 0.3) is 0 Å². The van der Waals surface area contributed by atoms with E-state index in [9.17, 15) is 13.2 Å². The number of rotatable bonds is 2. The zero-order valence-corrected chi connectivity index (χ0v) is 9.27. The highest BCUT2D eigenvalue weighted by molar-refractivity contribution is 7.91. The lowest BCUT2D eigenvalue weighted by atomic mass is 10.2. The Labute approximate surface area is 93.0 Å². The number of aromatic nitrogens is 2. The van der Waals surface area contributed by atoms with Gasteiger partial charge in [0.2, 0.25) is 0 Å². The first-order valence-corrected chi connectivity index (χ1v) is 6.66. The largest absolute Gasteiger partial charge is 0.347 e. The van der Waals surface area contributed by atoms with Crippen molar-refractivity contribution in [3.05, 3.63) is 24.3 Å². The maximum absolute atomic E-state index is 11.6. The van der Waals surface area contributed by atoms with Gasteiger partial charge in [-0.15, -0.1) is 0 Å². The van der Waals surface area contributed by atoms with Gasteiger partial charge in [0, 0.05) is 18.4 Å². The fourth-order valence-corrected chi connectivity index (χ4v) is 3.26. The van der Waals surface area contributed by atoms with E-state index in [1.807, 2.05) is 0 Å². The summed E-state index contributed by atoms with van der Waals surface area (Å²) < 4.78 is 22.4. The van der Waals surface area contributed by atoms with Crippen molar-refractivity contribution in [1.82, 2.24) is 15.3 Å². The molecule has 1 N–H and O–H groups in total. The Morgan fingerprint density at radius 1 is 1.44 bits per heavy atom. The van der Waals surface area contributed by atoms with Gasteiger partial charge in [-0.05, 0) is 6.42 Å². The molecule has 0 aromatic carbocycles.